The molecule has 0 aromatic carbocycles. The van der Waals surface area contributed by atoms with E-state index in [2.05, 4.69) is 4.99 Å². The Morgan fingerprint density at radius 2 is 2.55 bits per heavy atom. The molecule has 0 spiro atoms. The van der Waals surface area contributed by atoms with Gasteiger partial charge in [0, 0.05) is 11.9 Å². The quantitative estimate of drug-likeness (QED) is 0.516. The molecule has 56 valence electrons. The Balaban J connectivity index is 2.28. The maximum atomic E-state index is 5.13. The molecule has 0 saturated heterocycles. The predicted octanol–water partition coefficient (Wildman–Crippen LogP) is 1.23. The van der Waals surface area contributed by atoms with Crippen LogP contribution < -0.4 is 0 Å². The number of hydrogen-bond acceptors (Lipinski definition) is 3. The smallest absolute Gasteiger partial charge is 0.165 e. The summed E-state index contributed by atoms with van der Waals surface area (Å²) in [4.78, 5) is 5.91. The first-order valence-corrected chi connectivity index (χ1v) is 3.42. The Hall–Kier alpha value is -1.51. The summed E-state index contributed by atoms with van der Waals surface area (Å²) in [5.41, 5.74) is 1.11. The van der Waals surface area contributed by atoms with E-state index >= 15 is 0 Å². The van der Waals surface area contributed by atoms with Gasteiger partial charge < -0.3 is 4.74 Å². The van der Waals surface area contributed by atoms with Crippen LogP contribution in [0.25, 0.3) is 0 Å². The highest BCUT2D eigenvalue weighted by Crippen LogP contribution is 2.11. The molecule has 2 aliphatic rings. The van der Waals surface area contributed by atoms with Gasteiger partial charge in [-0.25, -0.2) is 4.99 Å². The Labute approximate surface area is 65.0 Å². The molecular formula is C8H8N2O. The molecule has 0 saturated carbocycles. The first-order chi connectivity index (χ1) is 5.47. The molecule has 0 aliphatic carbocycles. The van der Waals surface area contributed by atoms with Gasteiger partial charge in [0.15, 0.2) is 6.73 Å². The van der Waals surface area contributed by atoms with Crippen LogP contribution in [0.2, 0.25) is 0 Å². The van der Waals surface area contributed by atoms with Crippen molar-refractivity contribution in [2.75, 3.05) is 6.73 Å². The van der Waals surface area contributed by atoms with Gasteiger partial charge >= 0.3 is 0 Å². The second-order valence-electron chi connectivity index (χ2n) is 2.27. The van der Waals surface area contributed by atoms with Gasteiger partial charge in [0.2, 0.25) is 0 Å². The van der Waals surface area contributed by atoms with Gasteiger partial charge in [-0.15, -0.1) is 0 Å². The zero-order valence-electron chi connectivity index (χ0n) is 5.97. The van der Waals surface area contributed by atoms with Crippen molar-refractivity contribution >= 4 is 6.34 Å². The molecule has 0 atom stereocenters. The molecule has 3 heteroatoms. The Bertz CT molecular complexity index is 263. The summed E-state index contributed by atoms with van der Waals surface area (Å²) in [6.45, 7) is 0.538. The van der Waals surface area contributed by atoms with Crippen molar-refractivity contribution in [3.8, 4) is 0 Å². The fraction of sp³-hybridized carbons (Fsp3) is 0.125. The normalized spacial score (nSPS) is 20.4. The van der Waals surface area contributed by atoms with Crippen LogP contribution in [0.5, 0.6) is 0 Å². The highest BCUT2D eigenvalue weighted by Gasteiger charge is 2.07. The summed E-state index contributed by atoms with van der Waals surface area (Å²) in [7, 11) is 0. The van der Waals surface area contributed by atoms with Crippen LogP contribution in [0, 0.1) is 0 Å². The van der Waals surface area contributed by atoms with Crippen molar-refractivity contribution in [1.82, 2.24) is 4.90 Å². The molecule has 0 aromatic rings. The number of nitrogens with zero attached hydrogens (tertiary/aromatic N) is 2. The maximum absolute atomic E-state index is 5.13. The average Bonchev–Trinajstić information content (AvgIpc) is 2.28. The van der Waals surface area contributed by atoms with Crippen LogP contribution >= 0.6 is 0 Å². The molecule has 2 aliphatic heterocycles. The van der Waals surface area contributed by atoms with Gasteiger partial charge in [-0.2, -0.15) is 0 Å². The molecule has 11 heavy (non-hydrogen) atoms. The third-order valence-electron chi connectivity index (χ3n) is 1.52. The number of hydrogen-bond donors (Lipinski definition) is 0. The van der Waals surface area contributed by atoms with Gasteiger partial charge in [0.05, 0.1) is 12.6 Å². The lowest BCUT2D eigenvalue weighted by atomic mass is 10.3. The van der Waals surface area contributed by atoms with E-state index in [1.807, 2.05) is 23.1 Å². The number of rotatable bonds is 0. The Morgan fingerprint density at radius 3 is 3.55 bits per heavy atom. The van der Waals surface area contributed by atoms with Gasteiger partial charge in [-0.05, 0) is 18.2 Å². The Morgan fingerprint density at radius 1 is 1.55 bits per heavy atom. The SMILES string of the molecule is C1=COCN2C=NC=CC2=C1. The van der Waals surface area contributed by atoms with Gasteiger partial charge in [-0.1, -0.05) is 0 Å². The fourth-order valence-electron chi connectivity index (χ4n) is 0.977. The Kier molecular flexibility index (Phi) is 1.48. The van der Waals surface area contributed by atoms with Crippen molar-refractivity contribution in [1.29, 1.82) is 0 Å². The third-order valence-corrected chi connectivity index (χ3v) is 1.52. The molecule has 0 unspecified atom stereocenters. The summed E-state index contributed by atoms with van der Waals surface area (Å²) in [5, 5.41) is 0. The maximum Gasteiger partial charge on any atom is 0.165 e. The number of aliphatic imine (C=N–C) groups is 1. The predicted molar refractivity (Wildman–Crippen MR) is 42.6 cm³/mol. The molecule has 0 radical (unpaired) electrons. The molecule has 0 amide bonds. The third kappa shape index (κ3) is 1.17. The van der Waals surface area contributed by atoms with E-state index in [0.717, 1.165) is 5.70 Å². The highest BCUT2D eigenvalue weighted by molar-refractivity contribution is 5.62. The lowest BCUT2D eigenvalue weighted by molar-refractivity contribution is 0.175. The molecule has 2 heterocycles. The van der Waals surface area contributed by atoms with E-state index in [-0.39, 0.29) is 0 Å². The minimum atomic E-state index is 0.538. The standard InChI is InChI=1S/C8H8N2O/c1-2-8-3-4-9-6-10(8)7-11-5-1/h1-6H,7H2. The van der Waals surface area contributed by atoms with Crippen LogP contribution in [-0.4, -0.2) is 18.0 Å². The van der Waals surface area contributed by atoms with Crippen molar-refractivity contribution in [2.24, 2.45) is 4.99 Å². The highest BCUT2D eigenvalue weighted by atomic mass is 16.5. The minimum Gasteiger partial charge on any atom is -0.480 e. The van der Waals surface area contributed by atoms with Crippen LogP contribution in [0.3, 0.4) is 0 Å². The molecular weight excluding hydrogens is 140 g/mol. The largest absolute Gasteiger partial charge is 0.480 e. The summed E-state index contributed by atoms with van der Waals surface area (Å²) >= 11 is 0. The van der Waals surface area contributed by atoms with Gasteiger partial charge in [0.25, 0.3) is 0 Å². The van der Waals surface area contributed by atoms with Crippen molar-refractivity contribution in [2.45, 2.75) is 0 Å². The second kappa shape index (κ2) is 2.62. The van der Waals surface area contributed by atoms with Crippen molar-refractivity contribution in [3.63, 3.8) is 0 Å². The molecule has 0 bridgehead atoms. The average molecular weight is 148 g/mol. The van der Waals surface area contributed by atoms with E-state index < -0.39 is 0 Å². The van der Waals surface area contributed by atoms with Crippen LogP contribution in [-0.2, 0) is 4.74 Å². The second-order valence-corrected chi connectivity index (χ2v) is 2.27. The zero-order valence-corrected chi connectivity index (χ0v) is 5.97. The van der Waals surface area contributed by atoms with Crippen molar-refractivity contribution < 1.29 is 4.74 Å². The zero-order chi connectivity index (χ0) is 7.52. The first-order valence-electron chi connectivity index (χ1n) is 3.42. The van der Waals surface area contributed by atoms with Crippen molar-refractivity contribution in [3.05, 3.63) is 36.4 Å². The molecule has 0 aromatic heterocycles. The minimum absolute atomic E-state index is 0.538. The summed E-state index contributed by atoms with van der Waals surface area (Å²) in [6.07, 6.45) is 11.0. The lowest BCUT2D eigenvalue weighted by Crippen LogP contribution is -2.23. The van der Waals surface area contributed by atoms with Crippen LogP contribution in [0.4, 0.5) is 0 Å². The summed E-state index contributed by atoms with van der Waals surface area (Å²) in [5.74, 6) is 0. The molecule has 3 nitrogen and oxygen atoms in total. The van der Waals surface area contributed by atoms with Crippen LogP contribution in [0.15, 0.2) is 41.4 Å². The summed E-state index contributed by atoms with van der Waals surface area (Å²) < 4.78 is 5.13. The van der Waals surface area contributed by atoms with Crippen LogP contribution in [0.1, 0.15) is 0 Å². The summed E-state index contributed by atoms with van der Waals surface area (Å²) in [6, 6.07) is 0. The van der Waals surface area contributed by atoms with Gasteiger partial charge in [0.1, 0.15) is 0 Å². The number of fused-ring (bicyclic) bond motifs is 1. The molecule has 0 N–H and O–H groups in total. The number of allylic oxidation sites excluding steroid dienone is 3. The van der Waals surface area contributed by atoms with E-state index in [1.54, 1.807) is 18.8 Å². The van der Waals surface area contributed by atoms with E-state index in [0.29, 0.717) is 6.73 Å². The molecule has 2 rings (SSSR count). The fourth-order valence-corrected chi connectivity index (χ4v) is 0.977. The monoisotopic (exact) mass is 148 g/mol. The van der Waals surface area contributed by atoms with E-state index in [1.165, 1.54) is 0 Å². The van der Waals surface area contributed by atoms with E-state index in [4.69, 9.17) is 4.74 Å². The first kappa shape index (κ1) is 6.22. The topological polar surface area (TPSA) is 24.8 Å². The molecule has 0 fully saturated rings. The lowest BCUT2D eigenvalue weighted by Gasteiger charge is -2.19. The van der Waals surface area contributed by atoms with Gasteiger partial charge in [-0.3, -0.25) is 4.90 Å². The van der Waals surface area contributed by atoms with E-state index in [9.17, 15) is 0 Å². The number of ether oxygens (including phenoxy) is 1.